The third-order valence-electron chi connectivity index (χ3n) is 4.72. The van der Waals surface area contributed by atoms with Crippen LogP contribution in [0.5, 0.6) is 0 Å². The van der Waals surface area contributed by atoms with Gasteiger partial charge in [-0.2, -0.15) is 0 Å². The van der Waals surface area contributed by atoms with E-state index in [1.165, 1.54) is 5.69 Å². The molecule has 0 aliphatic carbocycles. The monoisotopic (exact) mass is 382 g/mol. The molecule has 2 heterocycles. The van der Waals surface area contributed by atoms with Crippen LogP contribution in [-0.4, -0.2) is 65.6 Å². The summed E-state index contributed by atoms with van der Waals surface area (Å²) in [5.74, 6) is 0.131. The Balaban J connectivity index is 0.00000225. The zero-order valence-corrected chi connectivity index (χ0v) is 16.5. The average Bonchev–Trinajstić information content (AvgIpc) is 2.54. The Hall–Kier alpha value is -1.37. The van der Waals surface area contributed by atoms with Crippen LogP contribution in [0.25, 0.3) is 0 Å². The fourth-order valence-electron chi connectivity index (χ4n) is 3.32. The van der Waals surface area contributed by atoms with Crippen molar-refractivity contribution in [2.75, 3.05) is 44.2 Å². The van der Waals surface area contributed by atoms with Gasteiger partial charge in [-0.15, -0.1) is 12.4 Å². The number of para-hydroxylation sites is 1. The molecular weight excluding hydrogens is 356 g/mol. The number of nitrogens with zero attached hydrogens (tertiary/aromatic N) is 3. The van der Waals surface area contributed by atoms with Gasteiger partial charge in [0.05, 0.1) is 0 Å². The summed E-state index contributed by atoms with van der Waals surface area (Å²) >= 11 is 5.37. The molecule has 0 aromatic heterocycles. The number of hydrogen-bond acceptors (Lipinski definition) is 4. The molecule has 25 heavy (non-hydrogen) atoms. The number of carbonyl (C=O) groups is 1. The minimum Gasteiger partial charge on any atom is -0.369 e. The summed E-state index contributed by atoms with van der Waals surface area (Å²) in [6.07, 6.45) is 0.495. The fourth-order valence-corrected chi connectivity index (χ4v) is 3.79. The molecule has 5 nitrogen and oxygen atoms in total. The summed E-state index contributed by atoms with van der Waals surface area (Å²) in [5.41, 5.74) is 1.06. The van der Waals surface area contributed by atoms with Crippen LogP contribution in [-0.2, 0) is 4.79 Å². The molecule has 0 bridgehead atoms. The summed E-state index contributed by atoms with van der Waals surface area (Å²) < 4.78 is 0. The Kier molecular flexibility index (Phi) is 6.65. The number of thiocarbonyl (C=S) groups is 1. The standard InChI is InChI=1S/C18H26N4OS.ClH/c1-18(2)14-16(23)22(17(24)19-18)13-10-20-8-11-21(12-9-20)15-6-4-3-5-7-15;/h3-7H,8-14H2,1-2H3,(H,19,24);1H. The summed E-state index contributed by atoms with van der Waals surface area (Å²) in [6.45, 7) is 9.64. The molecular formula is C18H27ClN4OS. The van der Waals surface area contributed by atoms with Gasteiger partial charge < -0.3 is 10.2 Å². The highest BCUT2D eigenvalue weighted by Crippen LogP contribution is 2.18. The predicted octanol–water partition coefficient (Wildman–Crippen LogP) is 2.12. The van der Waals surface area contributed by atoms with E-state index >= 15 is 0 Å². The minimum absolute atomic E-state index is 0. The lowest BCUT2D eigenvalue weighted by molar-refractivity contribution is -0.130. The van der Waals surface area contributed by atoms with E-state index in [4.69, 9.17) is 12.2 Å². The Morgan fingerprint density at radius 2 is 1.72 bits per heavy atom. The van der Waals surface area contributed by atoms with Gasteiger partial charge in [0.1, 0.15) is 0 Å². The second-order valence-electron chi connectivity index (χ2n) is 7.20. The first-order valence-electron chi connectivity index (χ1n) is 8.59. The van der Waals surface area contributed by atoms with Crippen LogP contribution in [0.4, 0.5) is 5.69 Å². The Morgan fingerprint density at radius 3 is 2.32 bits per heavy atom. The molecule has 1 aromatic carbocycles. The molecule has 138 valence electrons. The minimum atomic E-state index is -0.230. The van der Waals surface area contributed by atoms with E-state index in [2.05, 4.69) is 39.4 Å². The van der Waals surface area contributed by atoms with Gasteiger partial charge >= 0.3 is 0 Å². The van der Waals surface area contributed by atoms with Crippen molar-refractivity contribution in [2.24, 2.45) is 0 Å². The second-order valence-corrected chi connectivity index (χ2v) is 7.59. The van der Waals surface area contributed by atoms with Crippen LogP contribution >= 0.6 is 24.6 Å². The van der Waals surface area contributed by atoms with Crippen molar-refractivity contribution in [3.63, 3.8) is 0 Å². The van der Waals surface area contributed by atoms with Gasteiger partial charge in [0.15, 0.2) is 5.11 Å². The summed E-state index contributed by atoms with van der Waals surface area (Å²) in [7, 11) is 0. The molecule has 3 rings (SSSR count). The lowest BCUT2D eigenvalue weighted by atomic mass is 9.98. The first kappa shape index (κ1) is 19.9. The van der Waals surface area contributed by atoms with Crippen molar-refractivity contribution in [3.05, 3.63) is 30.3 Å². The van der Waals surface area contributed by atoms with Crippen molar-refractivity contribution in [1.29, 1.82) is 0 Å². The van der Waals surface area contributed by atoms with Crippen molar-refractivity contribution >= 4 is 41.3 Å². The van der Waals surface area contributed by atoms with Crippen LogP contribution in [0.1, 0.15) is 20.3 Å². The van der Waals surface area contributed by atoms with Gasteiger partial charge in [0.25, 0.3) is 0 Å². The Labute approximate surface area is 161 Å². The van der Waals surface area contributed by atoms with Crippen LogP contribution in [0, 0.1) is 0 Å². The van der Waals surface area contributed by atoms with Gasteiger partial charge in [0, 0.05) is 56.9 Å². The maximum absolute atomic E-state index is 12.3. The third-order valence-corrected chi connectivity index (χ3v) is 5.04. The van der Waals surface area contributed by atoms with Crippen molar-refractivity contribution in [2.45, 2.75) is 25.8 Å². The van der Waals surface area contributed by atoms with Gasteiger partial charge in [0.2, 0.25) is 5.91 Å². The highest BCUT2D eigenvalue weighted by Gasteiger charge is 2.34. The molecule has 2 fully saturated rings. The van der Waals surface area contributed by atoms with Crippen molar-refractivity contribution in [1.82, 2.24) is 15.1 Å². The Morgan fingerprint density at radius 1 is 1.08 bits per heavy atom. The molecule has 1 amide bonds. The first-order valence-corrected chi connectivity index (χ1v) is 9.00. The Bertz CT molecular complexity index is 582. The number of hydrogen-bond donors (Lipinski definition) is 1. The molecule has 7 heteroatoms. The largest absolute Gasteiger partial charge is 0.369 e. The van der Waals surface area contributed by atoms with Gasteiger partial charge in [-0.1, -0.05) is 18.2 Å². The van der Waals surface area contributed by atoms with Gasteiger partial charge in [-0.3, -0.25) is 14.6 Å². The lowest BCUT2D eigenvalue weighted by Crippen LogP contribution is -2.60. The zero-order chi connectivity index (χ0) is 17.2. The predicted molar refractivity (Wildman–Crippen MR) is 108 cm³/mol. The quantitative estimate of drug-likeness (QED) is 0.807. The summed E-state index contributed by atoms with van der Waals surface area (Å²) in [4.78, 5) is 18.9. The maximum Gasteiger partial charge on any atom is 0.231 e. The number of rotatable bonds is 4. The first-order chi connectivity index (χ1) is 11.4. The number of amides is 1. The van der Waals surface area contributed by atoms with Gasteiger partial charge in [-0.25, -0.2) is 0 Å². The van der Waals surface area contributed by atoms with E-state index in [-0.39, 0.29) is 23.9 Å². The third kappa shape index (κ3) is 5.06. The number of nitrogens with one attached hydrogen (secondary N) is 1. The molecule has 0 atom stereocenters. The number of piperazine rings is 1. The van der Waals surface area contributed by atoms with E-state index in [1.807, 2.05) is 19.9 Å². The molecule has 2 saturated heterocycles. The van der Waals surface area contributed by atoms with Gasteiger partial charge in [-0.05, 0) is 38.2 Å². The SMILES string of the molecule is CC1(C)CC(=O)N(CCN2CCN(c3ccccc3)CC2)C(=S)N1.Cl. The molecule has 0 saturated carbocycles. The molecule has 0 unspecified atom stereocenters. The van der Waals surface area contributed by atoms with E-state index < -0.39 is 0 Å². The summed E-state index contributed by atoms with van der Waals surface area (Å²) in [5, 5.41) is 3.83. The topological polar surface area (TPSA) is 38.8 Å². The normalized spacial score (nSPS) is 20.9. The average molecular weight is 383 g/mol. The molecule has 1 aromatic rings. The van der Waals surface area contributed by atoms with E-state index in [9.17, 15) is 4.79 Å². The number of carbonyl (C=O) groups excluding carboxylic acids is 1. The molecule has 2 aliphatic heterocycles. The van der Waals surface area contributed by atoms with E-state index in [0.29, 0.717) is 18.1 Å². The second kappa shape index (κ2) is 8.34. The van der Waals surface area contributed by atoms with E-state index in [0.717, 1.165) is 32.7 Å². The number of benzene rings is 1. The van der Waals surface area contributed by atoms with Crippen LogP contribution in [0.2, 0.25) is 0 Å². The number of halogens is 1. The lowest BCUT2D eigenvalue weighted by Gasteiger charge is -2.40. The summed E-state index contributed by atoms with van der Waals surface area (Å²) in [6, 6.07) is 10.5. The molecule has 0 radical (unpaired) electrons. The fraction of sp³-hybridized carbons (Fsp3) is 0.556. The highest BCUT2D eigenvalue weighted by atomic mass is 35.5. The van der Waals surface area contributed by atoms with Crippen molar-refractivity contribution < 1.29 is 4.79 Å². The van der Waals surface area contributed by atoms with E-state index in [1.54, 1.807) is 4.90 Å². The zero-order valence-electron chi connectivity index (χ0n) is 14.9. The smallest absolute Gasteiger partial charge is 0.231 e. The molecule has 0 spiro atoms. The van der Waals surface area contributed by atoms with Crippen molar-refractivity contribution in [3.8, 4) is 0 Å². The van der Waals surface area contributed by atoms with Crippen LogP contribution in [0.3, 0.4) is 0 Å². The van der Waals surface area contributed by atoms with Crippen LogP contribution < -0.4 is 10.2 Å². The molecule has 1 N–H and O–H groups in total. The molecule has 2 aliphatic rings. The number of anilines is 1. The maximum atomic E-state index is 12.3. The van der Waals surface area contributed by atoms with Crippen LogP contribution in [0.15, 0.2) is 30.3 Å². The highest BCUT2D eigenvalue weighted by molar-refractivity contribution is 7.80.